The van der Waals surface area contributed by atoms with Gasteiger partial charge in [0, 0.05) is 25.1 Å². The molecular weight excluding hydrogens is 409 g/mol. The Hall–Kier alpha value is -0.780. The van der Waals surface area contributed by atoms with E-state index in [1.165, 1.54) is 69.7 Å². The number of carboxylic acids is 1. The normalized spacial score (nSPS) is 31.0. The maximum absolute atomic E-state index is 10.8. The van der Waals surface area contributed by atoms with E-state index in [0.717, 1.165) is 25.8 Å². The van der Waals surface area contributed by atoms with E-state index in [0.29, 0.717) is 23.7 Å². The molecule has 1 saturated carbocycles. The van der Waals surface area contributed by atoms with Crippen molar-refractivity contribution in [3.8, 4) is 0 Å². The summed E-state index contributed by atoms with van der Waals surface area (Å²) in [6, 6.07) is 0. The molecule has 3 saturated heterocycles. The highest BCUT2D eigenvalue weighted by Crippen LogP contribution is 2.43. The van der Waals surface area contributed by atoms with Crippen LogP contribution in [0.25, 0.3) is 0 Å². The predicted octanol–water partition coefficient (Wildman–Crippen LogP) is 5.05. The second-order valence-electron chi connectivity index (χ2n) is 9.40. The van der Waals surface area contributed by atoms with Gasteiger partial charge in [-0.3, -0.25) is 4.79 Å². The lowest BCUT2D eigenvalue weighted by Gasteiger charge is -2.48. The highest BCUT2D eigenvalue weighted by Gasteiger charge is 2.38. The van der Waals surface area contributed by atoms with Crippen LogP contribution in [-0.4, -0.2) is 45.2 Å². The van der Waals surface area contributed by atoms with Gasteiger partial charge < -0.3 is 14.6 Å². The fourth-order valence-corrected chi connectivity index (χ4v) is 5.66. The van der Waals surface area contributed by atoms with Gasteiger partial charge in [-0.05, 0) is 95.7 Å². The van der Waals surface area contributed by atoms with E-state index in [1.54, 1.807) is 0 Å². The van der Waals surface area contributed by atoms with Gasteiger partial charge in [0.15, 0.2) is 0 Å². The largest absolute Gasteiger partial charge is 0.481 e. The fraction of sp³-hybridized carbons (Fsp3) is 0.818. The van der Waals surface area contributed by atoms with E-state index in [2.05, 4.69) is 22.6 Å². The molecule has 166 valence electrons. The number of imidazole rings is 1. The third kappa shape index (κ3) is 5.89. The van der Waals surface area contributed by atoms with Gasteiger partial charge in [-0.1, -0.05) is 0 Å². The standard InChI is InChI=1S/C22H35N3O2.2ClH/c1-17-23-20(19-5-2-18(3-6-19)4-7-21(26)27)16-25(17)15-11-22-8-12-24(13-9-22)14-10-22;;/h16,18-19H,2-15H2,1H3,(H,26,27);2*1H. The molecule has 0 atom stereocenters. The highest BCUT2D eigenvalue weighted by atomic mass is 35.5. The second-order valence-corrected chi connectivity index (χ2v) is 9.40. The average molecular weight is 446 g/mol. The van der Waals surface area contributed by atoms with Crippen LogP contribution in [0.2, 0.25) is 0 Å². The second kappa shape index (κ2) is 10.5. The number of hydrogen-bond acceptors (Lipinski definition) is 3. The summed E-state index contributed by atoms with van der Waals surface area (Å²) in [5.41, 5.74) is 1.87. The van der Waals surface area contributed by atoms with Crippen molar-refractivity contribution >= 4 is 30.8 Å². The van der Waals surface area contributed by atoms with Crippen LogP contribution in [-0.2, 0) is 11.3 Å². The van der Waals surface area contributed by atoms with Crippen molar-refractivity contribution in [3.05, 3.63) is 17.7 Å². The van der Waals surface area contributed by atoms with Crippen molar-refractivity contribution in [1.29, 1.82) is 0 Å². The quantitative estimate of drug-likeness (QED) is 0.637. The minimum Gasteiger partial charge on any atom is -0.481 e. The van der Waals surface area contributed by atoms with Gasteiger partial charge >= 0.3 is 5.97 Å². The molecule has 5 rings (SSSR count). The minimum absolute atomic E-state index is 0. The number of carbonyl (C=O) groups is 1. The third-order valence-corrected chi connectivity index (χ3v) is 7.78. The summed E-state index contributed by atoms with van der Waals surface area (Å²) in [5.74, 6) is 1.68. The summed E-state index contributed by atoms with van der Waals surface area (Å²) in [4.78, 5) is 18.3. The van der Waals surface area contributed by atoms with Crippen LogP contribution < -0.4 is 0 Å². The summed E-state index contributed by atoms with van der Waals surface area (Å²) >= 11 is 0. The first-order valence-corrected chi connectivity index (χ1v) is 11.0. The summed E-state index contributed by atoms with van der Waals surface area (Å²) in [7, 11) is 0. The molecule has 0 radical (unpaired) electrons. The Labute approximate surface area is 187 Å². The SMILES string of the molecule is Cc1nc(C2CCC(CCC(=O)O)CC2)cn1CCC12CCN(CC1)CC2.Cl.Cl. The monoisotopic (exact) mass is 445 g/mol. The molecule has 0 amide bonds. The van der Waals surface area contributed by atoms with E-state index in [9.17, 15) is 4.79 Å². The first-order valence-electron chi connectivity index (χ1n) is 11.0. The molecule has 1 N–H and O–H groups in total. The maximum atomic E-state index is 10.8. The molecule has 1 aliphatic carbocycles. The number of nitrogens with zero attached hydrogens (tertiary/aromatic N) is 3. The molecule has 0 spiro atoms. The molecule has 0 unspecified atom stereocenters. The number of aromatic nitrogens is 2. The zero-order valence-electron chi connectivity index (χ0n) is 17.6. The van der Waals surface area contributed by atoms with Crippen LogP contribution in [0.3, 0.4) is 0 Å². The smallest absolute Gasteiger partial charge is 0.303 e. The number of fused-ring (bicyclic) bond motifs is 3. The topological polar surface area (TPSA) is 58.4 Å². The van der Waals surface area contributed by atoms with E-state index < -0.39 is 5.97 Å². The summed E-state index contributed by atoms with van der Waals surface area (Å²) < 4.78 is 2.40. The summed E-state index contributed by atoms with van der Waals surface area (Å²) in [6.45, 7) is 7.19. The third-order valence-electron chi connectivity index (χ3n) is 7.78. The number of aliphatic carboxylic acids is 1. The van der Waals surface area contributed by atoms with Crippen molar-refractivity contribution in [2.75, 3.05) is 19.6 Å². The van der Waals surface area contributed by atoms with Crippen molar-refractivity contribution in [2.24, 2.45) is 11.3 Å². The maximum Gasteiger partial charge on any atom is 0.303 e. The van der Waals surface area contributed by atoms with Gasteiger partial charge in [-0.25, -0.2) is 4.98 Å². The van der Waals surface area contributed by atoms with Crippen molar-refractivity contribution in [2.45, 2.75) is 83.6 Å². The molecule has 2 bridgehead atoms. The number of carboxylic acid groups (broad SMARTS) is 1. The van der Waals surface area contributed by atoms with Gasteiger partial charge in [0.05, 0.1) is 5.69 Å². The molecule has 4 heterocycles. The number of rotatable bonds is 7. The Morgan fingerprint density at radius 3 is 2.34 bits per heavy atom. The lowest BCUT2D eigenvalue weighted by Crippen LogP contribution is -2.48. The van der Waals surface area contributed by atoms with Gasteiger partial charge in [-0.2, -0.15) is 0 Å². The van der Waals surface area contributed by atoms with E-state index in [-0.39, 0.29) is 24.8 Å². The van der Waals surface area contributed by atoms with Gasteiger partial charge in [0.25, 0.3) is 0 Å². The van der Waals surface area contributed by atoms with Crippen LogP contribution in [0.4, 0.5) is 0 Å². The van der Waals surface area contributed by atoms with Crippen molar-refractivity contribution in [3.63, 3.8) is 0 Å². The molecule has 3 aliphatic heterocycles. The molecular formula is C22H37Cl2N3O2. The molecule has 7 heteroatoms. The Morgan fingerprint density at radius 1 is 1.14 bits per heavy atom. The fourth-order valence-electron chi connectivity index (χ4n) is 5.66. The van der Waals surface area contributed by atoms with Gasteiger partial charge in [0.2, 0.25) is 0 Å². The van der Waals surface area contributed by atoms with Crippen LogP contribution in [0.5, 0.6) is 0 Å². The number of piperidine rings is 3. The Bertz CT molecular complexity index is 649. The molecule has 29 heavy (non-hydrogen) atoms. The highest BCUT2D eigenvalue weighted by molar-refractivity contribution is 5.85. The molecule has 1 aromatic heterocycles. The number of aryl methyl sites for hydroxylation is 2. The first-order chi connectivity index (χ1) is 13.0. The van der Waals surface area contributed by atoms with E-state index >= 15 is 0 Å². The van der Waals surface area contributed by atoms with Crippen molar-refractivity contribution in [1.82, 2.24) is 14.5 Å². The van der Waals surface area contributed by atoms with Crippen molar-refractivity contribution < 1.29 is 9.90 Å². The van der Waals surface area contributed by atoms with Crippen LogP contribution in [0.15, 0.2) is 6.20 Å². The summed E-state index contributed by atoms with van der Waals surface area (Å²) in [6.07, 6.45) is 13.6. The lowest BCUT2D eigenvalue weighted by molar-refractivity contribution is -0.137. The van der Waals surface area contributed by atoms with E-state index in [1.807, 2.05) is 0 Å². The Morgan fingerprint density at radius 2 is 1.76 bits per heavy atom. The Balaban J connectivity index is 0.00000150. The summed E-state index contributed by atoms with van der Waals surface area (Å²) in [5, 5.41) is 8.88. The van der Waals surface area contributed by atoms with Gasteiger partial charge in [-0.15, -0.1) is 24.8 Å². The van der Waals surface area contributed by atoms with Crippen LogP contribution in [0.1, 0.15) is 81.6 Å². The predicted molar refractivity (Wildman–Crippen MR) is 120 cm³/mol. The molecule has 0 aromatic carbocycles. The van der Waals surface area contributed by atoms with Gasteiger partial charge in [0.1, 0.15) is 5.82 Å². The molecule has 5 nitrogen and oxygen atoms in total. The lowest BCUT2D eigenvalue weighted by atomic mass is 9.70. The molecule has 4 fully saturated rings. The van der Waals surface area contributed by atoms with Crippen LogP contribution in [0, 0.1) is 18.3 Å². The minimum atomic E-state index is -0.658. The average Bonchev–Trinajstić information content (AvgIpc) is 3.07. The van der Waals surface area contributed by atoms with E-state index in [4.69, 9.17) is 10.1 Å². The zero-order chi connectivity index (χ0) is 18.9. The Kier molecular flexibility index (Phi) is 8.87. The number of halogens is 2. The molecule has 1 aromatic rings. The zero-order valence-corrected chi connectivity index (χ0v) is 19.3. The molecule has 4 aliphatic rings. The first kappa shape index (κ1) is 24.5. The van der Waals surface area contributed by atoms with Crippen LogP contribution >= 0.6 is 24.8 Å². The number of hydrogen-bond donors (Lipinski definition) is 1.